The van der Waals surface area contributed by atoms with E-state index in [0.717, 1.165) is 52.0 Å². The van der Waals surface area contributed by atoms with Crippen LogP contribution in [-0.2, 0) is 11.3 Å². The number of rotatable bonds is 5. The highest BCUT2D eigenvalue weighted by Crippen LogP contribution is 2.22. The predicted octanol–water partition coefficient (Wildman–Crippen LogP) is 1.33. The molecule has 25 heavy (non-hydrogen) atoms. The molecule has 5 heteroatoms. The van der Waals surface area contributed by atoms with Gasteiger partial charge in [-0.05, 0) is 51.5 Å². The van der Waals surface area contributed by atoms with Crippen molar-refractivity contribution in [2.24, 2.45) is 11.8 Å². The maximum Gasteiger partial charge on any atom is 0.223 e. The van der Waals surface area contributed by atoms with Crippen molar-refractivity contribution in [3.05, 3.63) is 35.9 Å². The highest BCUT2D eigenvalue weighted by Gasteiger charge is 2.32. The summed E-state index contributed by atoms with van der Waals surface area (Å²) in [6.07, 6.45) is 2.81. The molecule has 2 atom stereocenters. The zero-order valence-electron chi connectivity index (χ0n) is 15.2. The Kier molecular flexibility index (Phi) is 6.45. The number of nitrogens with one attached hydrogen (secondary N) is 1. The van der Waals surface area contributed by atoms with Crippen molar-refractivity contribution in [1.29, 1.82) is 0 Å². The van der Waals surface area contributed by atoms with Crippen LogP contribution in [0.5, 0.6) is 0 Å². The second-order valence-electron chi connectivity index (χ2n) is 7.64. The molecular weight excluding hydrogens is 314 g/mol. The van der Waals surface area contributed by atoms with Gasteiger partial charge in [0.05, 0.1) is 0 Å². The fourth-order valence-electron chi connectivity index (χ4n) is 4.01. The van der Waals surface area contributed by atoms with Crippen LogP contribution in [0.3, 0.4) is 0 Å². The molecule has 2 saturated heterocycles. The van der Waals surface area contributed by atoms with Gasteiger partial charge in [-0.25, -0.2) is 0 Å². The summed E-state index contributed by atoms with van der Waals surface area (Å²) in [6.45, 7) is 4.83. The van der Waals surface area contributed by atoms with Crippen molar-refractivity contribution in [3.63, 3.8) is 0 Å². The molecule has 0 bridgehead atoms. The first kappa shape index (κ1) is 18.4. The Labute approximate surface area is 151 Å². The van der Waals surface area contributed by atoms with Gasteiger partial charge in [0.25, 0.3) is 0 Å². The first-order valence-corrected chi connectivity index (χ1v) is 9.51. The molecule has 2 aliphatic rings. The topological polar surface area (TPSA) is 55.8 Å². The maximum atomic E-state index is 12.7. The number of hydrogen-bond donors (Lipinski definition) is 2. The van der Waals surface area contributed by atoms with E-state index >= 15 is 0 Å². The summed E-state index contributed by atoms with van der Waals surface area (Å²) in [6, 6.07) is 10.5. The number of piperidine rings is 2. The molecule has 2 N–H and O–H groups in total. The average molecular weight is 345 g/mol. The molecule has 2 fully saturated rings. The van der Waals surface area contributed by atoms with Gasteiger partial charge in [-0.3, -0.25) is 9.69 Å². The van der Waals surface area contributed by atoms with Crippen molar-refractivity contribution < 1.29 is 9.90 Å². The van der Waals surface area contributed by atoms with Crippen LogP contribution in [0.4, 0.5) is 0 Å². The Bertz CT molecular complexity index is 543. The van der Waals surface area contributed by atoms with Gasteiger partial charge in [0.1, 0.15) is 0 Å². The van der Waals surface area contributed by atoms with Gasteiger partial charge in [-0.2, -0.15) is 0 Å². The maximum absolute atomic E-state index is 12.7. The third-order valence-corrected chi connectivity index (χ3v) is 5.74. The smallest absolute Gasteiger partial charge is 0.223 e. The largest absolute Gasteiger partial charge is 0.396 e. The third-order valence-electron chi connectivity index (χ3n) is 5.74. The summed E-state index contributed by atoms with van der Waals surface area (Å²) < 4.78 is 0. The Morgan fingerprint density at radius 2 is 1.88 bits per heavy atom. The van der Waals surface area contributed by atoms with E-state index in [1.54, 1.807) is 0 Å². The monoisotopic (exact) mass is 345 g/mol. The Morgan fingerprint density at radius 3 is 2.56 bits per heavy atom. The van der Waals surface area contributed by atoms with Crippen LogP contribution >= 0.6 is 0 Å². The number of amides is 1. The summed E-state index contributed by atoms with van der Waals surface area (Å²) in [4.78, 5) is 17.3. The summed E-state index contributed by atoms with van der Waals surface area (Å²) in [7, 11) is 2.11. The fraction of sp³-hybridized carbons (Fsp3) is 0.650. The molecule has 5 nitrogen and oxygen atoms in total. The van der Waals surface area contributed by atoms with Crippen molar-refractivity contribution in [2.45, 2.75) is 31.8 Å². The molecule has 1 aromatic carbocycles. The number of nitrogens with zero attached hydrogens (tertiary/aromatic N) is 2. The fourth-order valence-corrected chi connectivity index (χ4v) is 4.01. The zero-order valence-corrected chi connectivity index (χ0v) is 15.2. The van der Waals surface area contributed by atoms with Gasteiger partial charge >= 0.3 is 0 Å². The van der Waals surface area contributed by atoms with E-state index in [9.17, 15) is 9.90 Å². The van der Waals surface area contributed by atoms with E-state index in [1.165, 1.54) is 5.56 Å². The van der Waals surface area contributed by atoms with Crippen LogP contribution in [0.2, 0.25) is 0 Å². The molecule has 2 heterocycles. The van der Waals surface area contributed by atoms with Gasteiger partial charge in [0.15, 0.2) is 0 Å². The number of aliphatic hydroxyl groups is 1. The predicted molar refractivity (Wildman–Crippen MR) is 99.1 cm³/mol. The van der Waals surface area contributed by atoms with Crippen molar-refractivity contribution in [3.8, 4) is 0 Å². The van der Waals surface area contributed by atoms with E-state index in [2.05, 4.69) is 46.4 Å². The number of carbonyl (C=O) groups is 1. The van der Waals surface area contributed by atoms with Crippen LogP contribution in [0.25, 0.3) is 0 Å². The van der Waals surface area contributed by atoms with Crippen LogP contribution in [0.1, 0.15) is 24.8 Å². The lowest BCUT2D eigenvalue weighted by Crippen LogP contribution is -2.55. The van der Waals surface area contributed by atoms with Crippen molar-refractivity contribution in [1.82, 2.24) is 15.1 Å². The normalized spacial score (nSPS) is 26.5. The molecule has 0 radical (unpaired) electrons. The lowest BCUT2D eigenvalue weighted by molar-refractivity contribution is -0.128. The van der Waals surface area contributed by atoms with Gasteiger partial charge < -0.3 is 15.3 Å². The molecule has 1 aromatic rings. The Balaban J connectivity index is 1.56. The molecule has 0 unspecified atom stereocenters. The quantitative estimate of drug-likeness (QED) is 0.845. The third kappa shape index (κ3) is 5.03. The molecule has 1 amide bonds. The Hall–Kier alpha value is -1.43. The van der Waals surface area contributed by atoms with Crippen LogP contribution in [0, 0.1) is 11.8 Å². The minimum absolute atomic E-state index is 0.0506. The van der Waals surface area contributed by atoms with E-state index < -0.39 is 0 Å². The Morgan fingerprint density at radius 1 is 1.16 bits per heavy atom. The van der Waals surface area contributed by atoms with E-state index in [-0.39, 0.29) is 30.4 Å². The molecule has 0 saturated carbocycles. The van der Waals surface area contributed by atoms with Crippen LogP contribution in [0.15, 0.2) is 30.3 Å². The average Bonchev–Trinajstić information content (AvgIpc) is 2.63. The first-order valence-electron chi connectivity index (χ1n) is 9.51. The van der Waals surface area contributed by atoms with Crippen LogP contribution in [-0.4, -0.2) is 66.7 Å². The van der Waals surface area contributed by atoms with Crippen LogP contribution < -0.4 is 5.32 Å². The number of carbonyl (C=O) groups excluding carboxylic acids is 1. The molecule has 0 spiro atoms. The molecule has 2 aliphatic heterocycles. The minimum Gasteiger partial charge on any atom is -0.396 e. The summed E-state index contributed by atoms with van der Waals surface area (Å²) in [5.41, 5.74) is 1.30. The van der Waals surface area contributed by atoms with Crippen molar-refractivity contribution >= 4 is 5.91 Å². The number of likely N-dealkylation sites (tertiary alicyclic amines) is 2. The van der Waals surface area contributed by atoms with Gasteiger partial charge in [0.2, 0.25) is 5.91 Å². The molecule has 0 aromatic heterocycles. The second-order valence-corrected chi connectivity index (χ2v) is 7.64. The van der Waals surface area contributed by atoms with E-state index in [0.29, 0.717) is 0 Å². The van der Waals surface area contributed by atoms with Crippen molar-refractivity contribution in [2.75, 3.05) is 39.8 Å². The van der Waals surface area contributed by atoms with Gasteiger partial charge in [-0.1, -0.05) is 30.3 Å². The summed E-state index contributed by atoms with van der Waals surface area (Å²) in [5, 5.41) is 13.0. The highest BCUT2D eigenvalue weighted by molar-refractivity contribution is 5.79. The second kappa shape index (κ2) is 8.79. The molecule has 138 valence electrons. The molecule has 3 rings (SSSR count). The number of benzene rings is 1. The standard InChI is InChI=1S/C20H31N3O2/c1-22-10-7-17(8-11-22)20(25)21-19-14-23(12-9-18(19)15-24)13-16-5-3-2-4-6-16/h2-6,17-19,24H,7-15H2,1H3,(H,21,25)/t18-,19-/m0/s1. The van der Waals surface area contributed by atoms with E-state index in [4.69, 9.17) is 0 Å². The zero-order chi connectivity index (χ0) is 17.6. The number of hydrogen-bond acceptors (Lipinski definition) is 4. The molecule has 0 aliphatic carbocycles. The molecular formula is C20H31N3O2. The van der Waals surface area contributed by atoms with Gasteiger partial charge in [-0.15, -0.1) is 0 Å². The SMILES string of the molecule is CN1CCC(C(=O)N[C@H]2CN(Cc3ccccc3)CC[C@H]2CO)CC1. The van der Waals surface area contributed by atoms with Gasteiger partial charge in [0, 0.05) is 37.6 Å². The first-order chi connectivity index (χ1) is 12.2. The highest BCUT2D eigenvalue weighted by atomic mass is 16.3. The minimum atomic E-state index is 0.0506. The lowest BCUT2D eigenvalue weighted by Gasteiger charge is -2.39. The number of aliphatic hydroxyl groups excluding tert-OH is 1. The van der Waals surface area contributed by atoms with E-state index in [1.807, 2.05) is 6.07 Å². The lowest BCUT2D eigenvalue weighted by atomic mass is 9.90. The summed E-state index contributed by atoms with van der Waals surface area (Å²) >= 11 is 0. The summed E-state index contributed by atoms with van der Waals surface area (Å²) in [5.74, 6) is 0.473.